The number of likely N-dealkylation sites (tertiary alicyclic amines) is 2. The first-order chi connectivity index (χ1) is 24.5. The van der Waals surface area contributed by atoms with Crippen LogP contribution in [0.5, 0.6) is 0 Å². The first kappa shape index (κ1) is 34.0. The molecule has 0 aliphatic carbocycles. The highest BCUT2D eigenvalue weighted by molar-refractivity contribution is 6.02. The Bertz CT molecular complexity index is 1960. The van der Waals surface area contributed by atoms with Gasteiger partial charge in [-0.25, -0.2) is 23.8 Å². The van der Waals surface area contributed by atoms with Crippen LogP contribution in [0.4, 0.5) is 15.0 Å². The Morgan fingerprint density at radius 3 is 2.51 bits per heavy atom. The molecule has 4 saturated heterocycles. The third-order valence-electron chi connectivity index (χ3n) is 11.4. The van der Waals surface area contributed by atoms with Gasteiger partial charge in [-0.15, -0.1) is 0 Å². The van der Waals surface area contributed by atoms with Crippen molar-refractivity contribution in [2.45, 2.75) is 83.5 Å². The summed E-state index contributed by atoms with van der Waals surface area (Å²) >= 11 is 0. The van der Waals surface area contributed by atoms with Crippen molar-refractivity contribution in [1.82, 2.24) is 29.5 Å². The van der Waals surface area contributed by atoms with E-state index >= 15 is 4.39 Å². The third-order valence-corrected chi connectivity index (χ3v) is 11.4. The maximum absolute atomic E-state index is 17.4. The number of benzene rings is 2. The molecule has 1 unspecified atom stereocenters. The normalized spacial score (nSPS) is 21.7. The lowest BCUT2D eigenvalue weighted by Gasteiger charge is -2.53. The number of nitrogens with zero attached hydrogens (tertiary/aromatic N) is 7. The van der Waals surface area contributed by atoms with Gasteiger partial charge in [-0.3, -0.25) is 0 Å². The molecule has 0 N–H and O–H groups in total. The zero-order valence-corrected chi connectivity index (χ0v) is 30.5. The zero-order chi connectivity index (χ0) is 35.5. The smallest absolute Gasteiger partial charge is 0.410 e. The minimum absolute atomic E-state index is 0.0729. The van der Waals surface area contributed by atoms with Crippen LogP contribution in [0.25, 0.3) is 39.0 Å². The Kier molecular flexibility index (Phi) is 8.77. The standard InChI is InChI=1S/C40H50FN7O3/c1-6-26-22-29-35(34(41)33(26)28-10-9-11-31-30(28)23-42-48(31)32-12-7-8-21-50-32)43-36(27-13-17-45(5)18-14-27)44-37(29)46-19-15-40(16-20-46)24-47(25-40)38(49)51-39(2,3)4/h6,9-11,22-23,27,32H,1,7-8,12-21,24-25H2,2-5H3. The van der Waals surface area contributed by atoms with E-state index in [1.54, 1.807) is 6.08 Å². The molecule has 51 heavy (non-hydrogen) atoms. The molecular weight excluding hydrogens is 645 g/mol. The van der Waals surface area contributed by atoms with Crippen LogP contribution in [0.1, 0.15) is 89.3 Å². The van der Waals surface area contributed by atoms with E-state index < -0.39 is 5.60 Å². The quantitative estimate of drug-likeness (QED) is 0.209. The number of hydrogen-bond acceptors (Lipinski definition) is 8. The number of ether oxygens (including phenoxy) is 2. The summed E-state index contributed by atoms with van der Waals surface area (Å²) in [7, 11) is 2.14. The molecule has 270 valence electrons. The molecule has 4 fully saturated rings. The summed E-state index contributed by atoms with van der Waals surface area (Å²) in [5.74, 6) is 1.33. The Morgan fingerprint density at radius 2 is 1.82 bits per heavy atom. The number of carbonyl (C=O) groups excluding carboxylic acids is 1. The first-order valence-electron chi connectivity index (χ1n) is 18.7. The fraction of sp³-hybridized carbons (Fsp3) is 0.550. The second kappa shape index (κ2) is 13.2. The van der Waals surface area contributed by atoms with Crippen LogP contribution in [0.15, 0.2) is 37.0 Å². The van der Waals surface area contributed by atoms with Crippen LogP contribution in [-0.4, -0.2) is 94.2 Å². The van der Waals surface area contributed by atoms with Crippen molar-refractivity contribution < 1.29 is 18.7 Å². The molecule has 6 heterocycles. The zero-order valence-electron chi connectivity index (χ0n) is 30.5. The average Bonchev–Trinajstić information content (AvgIpc) is 3.55. The molecule has 0 saturated carbocycles. The van der Waals surface area contributed by atoms with Crippen LogP contribution in [-0.2, 0) is 9.47 Å². The Hall–Kier alpha value is -4.09. The molecule has 2 aromatic carbocycles. The van der Waals surface area contributed by atoms with Crippen LogP contribution in [0.3, 0.4) is 0 Å². The number of carbonyl (C=O) groups is 1. The summed E-state index contributed by atoms with van der Waals surface area (Å²) < 4.78 is 31.0. The van der Waals surface area contributed by atoms with Gasteiger partial charge in [0.15, 0.2) is 12.0 Å². The predicted molar refractivity (Wildman–Crippen MR) is 198 cm³/mol. The number of aromatic nitrogens is 4. The van der Waals surface area contributed by atoms with E-state index in [4.69, 9.17) is 24.5 Å². The van der Waals surface area contributed by atoms with E-state index in [-0.39, 0.29) is 29.5 Å². The van der Waals surface area contributed by atoms with Crippen molar-refractivity contribution in [1.29, 1.82) is 0 Å². The van der Waals surface area contributed by atoms with Gasteiger partial charge in [0.05, 0.1) is 11.7 Å². The summed E-state index contributed by atoms with van der Waals surface area (Å²) in [5.41, 5.74) is 2.79. The van der Waals surface area contributed by atoms with Crippen LogP contribution in [0.2, 0.25) is 0 Å². The molecule has 1 atom stereocenters. The van der Waals surface area contributed by atoms with Gasteiger partial charge in [0, 0.05) is 60.5 Å². The highest BCUT2D eigenvalue weighted by Crippen LogP contribution is 2.45. The first-order valence-corrected chi connectivity index (χ1v) is 18.7. The predicted octanol–water partition coefficient (Wildman–Crippen LogP) is 7.77. The van der Waals surface area contributed by atoms with Gasteiger partial charge >= 0.3 is 6.09 Å². The maximum atomic E-state index is 17.4. The lowest BCUT2D eigenvalue weighted by molar-refractivity contribution is -0.0434. The molecule has 4 aliphatic heterocycles. The molecule has 1 amide bonds. The minimum atomic E-state index is -0.513. The highest BCUT2D eigenvalue weighted by atomic mass is 19.1. The van der Waals surface area contributed by atoms with Crippen LogP contribution >= 0.6 is 0 Å². The summed E-state index contributed by atoms with van der Waals surface area (Å²) in [5, 5.41) is 6.33. The molecule has 11 heteroatoms. The number of amides is 1. The van der Waals surface area contributed by atoms with Gasteiger partial charge in [-0.2, -0.15) is 5.10 Å². The van der Waals surface area contributed by atoms with Gasteiger partial charge in [0.1, 0.15) is 22.8 Å². The van der Waals surface area contributed by atoms with E-state index in [1.165, 1.54) is 0 Å². The van der Waals surface area contributed by atoms with Crippen molar-refractivity contribution in [2.24, 2.45) is 5.41 Å². The highest BCUT2D eigenvalue weighted by Gasteiger charge is 2.48. The Labute approximate surface area is 299 Å². The third kappa shape index (κ3) is 6.37. The largest absolute Gasteiger partial charge is 0.444 e. The molecular formula is C40H50FN7O3. The minimum Gasteiger partial charge on any atom is -0.444 e. The SMILES string of the molecule is C=Cc1cc2c(N3CCC4(CC3)CN(C(=O)OC(C)(C)C)C4)nc(C3CCN(C)CC3)nc2c(F)c1-c1cccc2c1cnn2C1CCCCO1. The molecule has 4 aliphatic rings. The van der Waals surface area contributed by atoms with Crippen molar-refractivity contribution in [3.63, 3.8) is 0 Å². The van der Waals surface area contributed by atoms with Gasteiger partial charge in [0.2, 0.25) is 0 Å². The topological polar surface area (TPSA) is 88.9 Å². The van der Waals surface area contributed by atoms with Gasteiger partial charge in [0.25, 0.3) is 0 Å². The molecule has 2 aromatic heterocycles. The summed E-state index contributed by atoms with van der Waals surface area (Å²) in [6.45, 7) is 15.4. The number of anilines is 1. The second-order valence-electron chi connectivity index (χ2n) is 16.2. The molecule has 4 aromatic rings. The Morgan fingerprint density at radius 1 is 1.06 bits per heavy atom. The van der Waals surface area contributed by atoms with Crippen molar-refractivity contribution in [2.75, 3.05) is 57.8 Å². The van der Waals surface area contributed by atoms with Gasteiger partial charge in [-0.05, 0) is 109 Å². The molecule has 10 nitrogen and oxygen atoms in total. The maximum Gasteiger partial charge on any atom is 0.410 e. The molecule has 8 rings (SSSR count). The number of fused-ring (bicyclic) bond motifs is 2. The van der Waals surface area contributed by atoms with Gasteiger partial charge < -0.3 is 24.2 Å². The monoisotopic (exact) mass is 695 g/mol. The van der Waals surface area contributed by atoms with E-state index in [2.05, 4.69) is 23.4 Å². The van der Waals surface area contributed by atoms with Gasteiger partial charge in [-0.1, -0.05) is 24.8 Å². The molecule has 0 bridgehead atoms. The van der Waals surface area contributed by atoms with E-state index in [0.29, 0.717) is 35.1 Å². The lowest BCUT2D eigenvalue weighted by atomic mass is 9.72. The molecule has 0 radical (unpaired) electrons. The summed E-state index contributed by atoms with van der Waals surface area (Å²) in [6, 6.07) is 8.00. The number of hydrogen-bond donors (Lipinski definition) is 0. The number of piperidine rings is 2. The fourth-order valence-electron chi connectivity index (χ4n) is 8.54. The van der Waals surface area contributed by atoms with Crippen molar-refractivity contribution in [3.05, 3.63) is 54.2 Å². The van der Waals surface area contributed by atoms with E-state index in [1.807, 2.05) is 60.8 Å². The Balaban J connectivity index is 1.16. The van der Waals surface area contributed by atoms with Crippen molar-refractivity contribution >= 4 is 39.8 Å². The number of halogens is 1. The van der Waals surface area contributed by atoms with Crippen molar-refractivity contribution in [3.8, 4) is 11.1 Å². The van der Waals surface area contributed by atoms with E-state index in [0.717, 1.165) is 106 Å². The fourth-order valence-corrected chi connectivity index (χ4v) is 8.54. The summed E-state index contributed by atoms with van der Waals surface area (Å²) in [6.07, 6.45) is 9.99. The van der Waals surface area contributed by atoms with E-state index in [9.17, 15) is 4.79 Å². The second-order valence-corrected chi connectivity index (χ2v) is 16.2. The average molecular weight is 696 g/mol. The lowest BCUT2D eigenvalue weighted by Crippen LogP contribution is -2.62. The molecule has 1 spiro atoms. The van der Waals surface area contributed by atoms with Crippen LogP contribution < -0.4 is 4.90 Å². The summed E-state index contributed by atoms with van der Waals surface area (Å²) in [4.78, 5) is 29.5. The van der Waals surface area contributed by atoms with Crippen LogP contribution in [0, 0.1) is 11.2 Å². The number of rotatable bonds is 5.